The summed E-state index contributed by atoms with van der Waals surface area (Å²) < 4.78 is 127. The molecule has 0 amide bonds. The molecular weight excluding hydrogens is 546 g/mol. The van der Waals surface area contributed by atoms with E-state index < -0.39 is 74.3 Å². The van der Waals surface area contributed by atoms with Gasteiger partial charge in [0, 0.05) is 0 Å². The van der Waals surface area contributed by atoms with E-state index in [2.05, 4.69) is 17.5 Å². The van der Waals surface area contributed by atoms with Gasteiger partial charge in [-0.3, -0.25) is 17.9 Å². The van der Waals surface area contributed by atoms with Gasteiger partial charge >= 0.3 is 10.4 Å². The maximum absolute atomic E-state index is 11.7. The average molecular weight is 565 g/mol. The molecule has 1 saturated heterocycles. The molecule has 1 aromatic carbocycles. The van der Waals surface area contributed by atoms with E-state index in [0.717, 1.165) is 6.92 Å². The fourth-order valence-corrected chi connectivity index (χ4v) is 4.22. The zero-order valence-corrected chi connectivity index (χ0v) is 20.1. The molecule has 0 spiro atoms. The van der Waals surface area contributed by atoms with Crippen molar-refractivity contribution in [3.8, 4) is 11.5 Å². The van der Waals surface area contributed by atoms with Gasteiger partial charge in [0.15, 0.2) is 0 Å². The molecule has 1 N–H and O–H groups in total. The first-order chi connectivity index (χ1) is 16.0. The first-order valence-electron chi connectivity index (χ1n) is 9.05. The van der Waals surface area contributed by atoms with Gasteiger partial charge in [-0.1, -0.05) is 0 Å². The molecule has 0 aliphatic carbocycles. The normalized spacial score (nSPS) is 26.3. The van der Waals surface area contributed by atoms with Crippen LogP contribution in [-0.2, 0) is 48.5 Å². The van der Waals surface area contributed by atoms with Crippen molar-refractivity contribution in [1.29, 1.82) is 0 Å². The van der Waals surface area contributed by atoms with Crippen molar-refractivity contribution in [2.45, 2.75) is 37.6 Å². The highest BCUT2D eigenvalue weighted by Crippen LogP contribution is 2.32. The van der Waals surface area contributed by atoms with Gasteiger partial charge in [0.25, 0.3) is 0 Å². The van der Waals surface area contributed by atoms with Crippen LogP contribution in [0.15, 0.2) is 29.3 Å². The predicted octanol–water partition coefficient (Wildman–Crippen LogP) is -2.54. The largest absolute Gasteiger partial charge is 0.862 e. The number of rotatable bonds is 11. The van der Waals surface area contributed by atoms with E-state index in [0.29, 0.717) is 5.75 Å². The van der Waals surface area contributed by atoms with Crippen molar-refractivity contribution in [3.63, 3.8) is 0 Å². The highest BCUT2D eigenvalue weighted by Gasteiger charge is 2.51. The van der Waals surface area contributed by atoms with Gasteiger partial charge < -0.3 is 28.4 Å². The minimum atomic E-state index is -5.69. The molecule has 1 aliphatic heterocycles. The second kappa shape index (κ2) is 11.3. The molecule has 17 nitrogen and oxygen atoms in total. The first-order valence-corrected chi connectivity index (χ1v) is 13.1. The number of nitrogens with zero attached hydrogens (tertiary/aromatic N) is 1. The van der Waals surface area contributed by atoms with Crippen molar-refractivity contribution >= 4 is 37.1 Å². The van der Waals surface area contributed by atoms with Crippen molar-refractivity contribution in [2.75, 3.05) is 13.7 Å². The van der Waals surface area contributed by atoms with Crippen LogP contribution in [0.5, 0.6) is 11.5 Å². The Morgan fingerprint density at radius 2 is 1.57 bits per heavy atom. The number of aliphatic imine (C=N–C) groups is 1. The minimum absolute atomic E-state index is 0.0166. The molecule has 1 aliphatic rings. The van der Waals surface area contributed by atoms with Gasteiger partial charge in [-0.2, -0.15) is 8.42 Å². The Morgan fingerprint density at radius 3 is 2.03 bits per heavy atom. The van der Waals surface area contributed by atoms with Gasteiger partial charge in [0.05, 0.1) is 13.7 Å². The zero-order valence-electron chi connectivity index (χ0n) is 17.6. The maximum Gasteiger partial charge on any atom is 0.397 e. The third-order valence-corrected chi connectivity index (χ3v) is 5.44. The second-order valence-corrected chi connectivity index (χ2v) is 9.73. The van der Waals surface area contributed by atoms with Gasteiger partial charge in [0.2, 0.25) is 27.1 Å². The molecule has 0 radical (unpaired) electrons. The number of methoxy groups -OCH3 is 1. The molecule has 35 heavy (non-hydrogen) atoms. The Hall–Kier alpha value is -2.14. The average Bonchev–Trinajstić information content (AvgIpc) is 2.69. The Labute approximate surface area is 200 Å². The SMILES string of the molecule is COc1ccc(O[C@@H]2O[C@H](COS(=O)(=O)[O-])[C@H](OS(=O)(=O)[O-])[C@H](OS(=O)(=O)O)[C@H]2N=C(C)[O-])cc1. The Kier molecular flexibility index (Phi) is 9.38. The monoisotopic (exact) mass is 564 g/mol. The summed E-state index contributed by atoms with van der Waals surface area (Å²) in [6, 6.07) is 3.56. The highest BCUT2D eigenvalue weighted by atomic mass is 32.3. The van der Waals surface area contributed by atoms with Crippen molar-refractivity contribution in [1.82, 2.24) is 0 Å². The lowest BCUT2D eigenvalue weighted by atomic mass is 9.97. The summed E-state index contributed by atoms with van der Waals surface area (Å²) in [6.07, 6.45) is -8.66. The predicted molar refractivity (Wildman–Crippen MR) is 106 cm³/mol. The smallest absolute Gasteiger partial charge is 0.397 e. The van der Waals surface area contributed by atoms with Gasteiger partial charge in [-0.05, 0) is 37.1 Å². The van der Waals surface area contributed by atoms with E-state index in [1.807, 2.05) is 0 Å². The van der Waals surface area contributed by atoms with E-state index in [1.165, 1.54) is 31.4 Å². The molecule has 1 aromatic rings. The summed E-state index contributed by atoms with van der Waals surface area (Å²) in [5.41, 5.74) is 0. The third kappa shape index (κ3) is 9.79. The van der Waals surface area contributed by atoms with Crippen LogP contribution in [0.1, 0.15) is 6.92 Å². The molecule has 1 fully saturated rings. The summed E-state index contributed by atoms with van der Waals surface area (Å²) >= 11 is 0. The number of ether oxygens (including phenoxy) is 3. The van der Waals surface area contributed by atoms with Crippen LogP contribution in [-0.4, -0.2) is 89.2 Å². The molecular formula is C15H18NO16S3-3. The zero-order chi connectivity index (χ0) is 26.6. The quantitative estimate of drug-likeness (QED) is 0.125. The third-order valence-electron chi connectivity index (χ3n) is 4.10. The number of benzene rings is 1. The van der Waals surface area contributed by atoms with Crippen molar-refractivity contribution < 1.29 is 70.8 Å². The summed E-state index contributed by atoms with van der Waals surface area (Å²) in [7, 11) is -15.2. The van der Waals surface area contributed by atoms with Crippen molar-refractivity contribution in [2.24, 2.45) is 4.99 Å². The Morgan fingerprint density at radius 1 is 1.00 bits per heavy atom. The van der Waals surface area contributed by atoms with Crippen LogP contribution in [0, 0.1) is 0 Å². The van der Waals surface area contributed by atoms with Gasteiger partial charge in [0.1, 0.15) is 35.9 Å². The van der Waals surface area contributed by atoms with E-state index >= 15 is 0 Å². The van der Waals surface area contributed by atoms with Crippen LogP contribution in [0.2, 0.25) is 0 Å². The molecule has 0 bridgehead atoms. The fraction of sp³-hybridized carbons (Fsp3) is 0.533. The topological polar surface area (TPSA) is 260 Å². The molecule has 0 unspecified atom stereocenters. The lowest BCUT2D eigenvalue weighted by molar-refractivity contribution is -0.236. The van der Waals surface area contributed by atoms with E-state index in [9.17, 15) is 44.0 Å². The fourth-order valence-electron chi connectivity index (χ4n) is 2.91. The van der Waals surface area contributed by atoms with Crippen LogP contribution in [0.4, 0.5) is 0 Å². The molecule has 0 saturated carbocycles. The maximum atomic E-state index is 11.7. The molecule has 20 heteroatoms. The molecule has 200 valence electrons. The van der Waals surface area contributed by atoms with Gasteiger partial charge in [-0.25, -0.2) is 21.0 Å². The Balaban J connectivity index is 2.58. The van der Waals surface area contributed by atoms with Crippen molar-refractivity contribution in [3.05, 3.63) is 24.3 Å². The summed E-state index contributed by atoms with van der Waals surface area (Å²) in [6.45, 7) is -0.430. The highest BCUT2D eigenvalue weighted by molar-refractivity contribution is 7.81. The lowest BCUT2D eigenvalue weighted by Crippen LogP contribution is -2.62. The van der Waals surface area contributed by atoms with E-state index in [-0.39, 0.29) is 5.75 Å². The summed E-state index contributed by atoms with van der Waals surface area (Å²) in [5, 5.41) is 11.7. The minimum Gasteiger partial charge on any atom is -0.862 e. The molecule has 1 heterocycles. The van der Waals surface area contributed by atoms with Crippen LogP contribution in [0.3, 0.4) is 0 Å². The molecule has 5 atom stereocenters. The molecule has 0 aromatic heterocycles. The first kappa shape index (κ1) is 29.1. The molecule has 2 rings (SSSR count). The number of hydrogen-bond donors (Lipinski definition) is 1. The lowest BCUT2D eigenvalue weighted by Gasteiger charge is -2.43. The van der Waals surface area contributed by atoms with Gasteiger partial charge in [-0.15, -0.1) is 0 Å². The van der Waals surface area contributed by atoms with E-state index in [1.54, 1.807) is 0 Å². The van der Waals surface area contributed by atoms with Crippen LogP contribution < -0.4 is 14.6 Å². The Bertz CT molecular complexity index is 1210. The van der Waals surface area contributed by atoms with E-state index in [4.69, 9.17) is 14.2 Å². The van der Waals surface area contributed by atoms with Crippen LogP contribution >= 0.6 is 0 Å². The van der Waals surface area contributed by atoms with Crippen LogP contribution in [0.25, 0.3) is 0 Å². The summed E-state index contributed by atoms with van der Waals surface area (Å²) in [4.78, 5) is 3.53. The standard InChI is InChI=1S/C15H21NO16S3/c1-8(17)16-12-14(32-35(24,25)26)13(31-34(21,22)23)11(7-28-33(18,19)20)30-15(12)29-10-5-3-9(27-2)4-6-10/h3-6,11-15H,7H2,1-2H3,(H,16,17)(H,18,19,20)(H,21,22,23)(H,24,25,26)/p-3/t11-,12-,13+,14-,15-/m1/s1. The second-order valence-electron chi connectivity index (χ2n) is 6.63. The summed E-state index contributed by atoms with van der Waals surface area (Å²) in [5.74, 6) is -0.621. The number of hydrogen-bond acceptors (Lipinski definition) is 16.